The molecule has 3 N–H and O–H groups in total. The van der Waals surface area contributed by atoms with Crippen molar-refractivity contribution < 1.29 is 5.11 Å². The maximum absolute atomic E-state index is 9.98. The molecule has 1 aromatic rings. The van der Waals surface area contributed by atoms with Crippen LogP contribution in [0.15, 0.2) is 22.7 Å². The van der Waals surface area contributed by atoms with Crippen LogP contribution in [0.1, 0.15) is 18.4 Å². The van der Waals surface area contributed by atoms with E-state index >= 15 is 0 Å². The summed E-state index contributed by atoms with van der Waals surface area (Å²) in [6.07, 6.45) is 2.04. The van der Waals surface area contributed by atoms with Crippen molar-refractivity contribution >= 4 is 21.6 Å². The van der Waals surface area contributed by atoms with E-state index in [4.69, 9.17) is 5.73 Å². The molecule has 1 heterocycles. The van der Waals surface area contributed by atoms with E-state index in [1.54, 1.807) is 0 Å². The summed E-state index contributed by atoms with van der Waals surface area (Å²) in [4.78, 5) is 2.39. The van der Waals surface area contributed by atoms with Gasteiger partial charge in [0.25, 0.3) is 0 Å². The highest BCUT2D eigenvalue weighted by atomic mass is 79.9. The minimum Gasteiger partial charge on any atom is -0.393 e. The van der Waals surface area contributed by atoms with Gasteiger partial charge in [-0.15, -0.1) is 0 Å². The fourth-order valence-corrected chi connectivity index (χ4v) is 3.79. The second-order valence-electron chi connectivity index (χ2n) is 5.45. The van der Waals surface area contributed by atoms with Gasteiger partial charge in [-0.1, -0.05) is 22.0 Å². The Hall–Kier alpha value is -0.580. The SMILES string of the molecule is NCc1ccc(Br)cc1N1CC2CCC(O)C2C1. The number of nitrogens with zero attached hydrogens (tertiary/aromatic N) is 1. The second kappa shape index (κ2) is 4.83. The average Bonchev–Trinajstić information content (AvgIpc) is 2.92. The van der Waals surface area contributed by atoms with Crippen LogP contribution in [-0.2, 0) is 6.54 Å². The number of hydrogen-bond donors (Lipinski definition) is 2. The molecule has 1 aliphatic heterocycles. The van der Waals surface area contributed by atoms with E-state index < -0.39 is 0 Å². The van der Waals surface area contributed by atoms with Crippen LogP contribution < -0.4 is 10.6 Å². The lowest BCUT2D eigenvalue weighted by atomic mass is 10.00. The number of aliphatic hydroxyl groups is 1. The summed E-state index contributed by atoms with van der Waals surface area (Å²) in [7, 11) is 0. The summed E-state index contributed by atoms with van der Waals surface area (Å²) < 4.78 is 1.09. The molecule has 2 aliphatic rings. The molecule has 0 aromatic heterocycles. The molecule has 4 heteroatoms. The third-order valence-corrected chi connectivity index (χ3v) is 4.92. The zero-order valence-corrected chi connectivity index (χ0v) is 11.9. The maximum atomic E-state index is 9.98. The van der Waals surface area contributed by atoms with Gasteiger partial charge >= 0.3 is 0 Å². The monoisotopic (exact) mass is 310 g/mol. The van der Waals surface area contributed by atoms with Gasteiger partial charge in [-0.05, 0) is 36.5 Å². The van der Waals surface area contributed by atoms with E-state index in [1.165, 1.54) is 11.3 Å². The van der Waals surface area contributed by atoms with Gasteiger partial charge in [0.15, 0.2) is 0 Å². The van der Waals surface area contributed by atoms with Crippen LogP contribution in [0.25, 0.3) is 0 Å². The Labute approximate surface area is 116 Å². The van der Waals surface area contributed by atoms with Crippen LogP contribution in [-0.4, -0.2) is 24.3 Å². The molecule has 3 rings (SSSR count). The van der Waals surface area contributed by atoms with Gasteiger partial charge in [-0.3, -0.25) is 0 Å². The summed E-state index contributed by atoms with van der Waals surface area (Å²) >= 11 is 3.53. The summed E-state index contributed by atoms with van der Waals surface area (Å²) in [6.45, 7) is 2.59. The minimum absolute atomic E-state index is 0.103. The number of halogens is 1. The molecule has 3 unspecified atom stereocenters. The van der Waals surface area contributed by atoms with E-state index in [2.05, 4.69) is 33.0 Å². The van der Waals surface area contributed by atoms with Crippen LogP contribution in [0.2, 0.25) is 0 Å². The van der Waals surface area contributed by atoms with Gasteiger partial charge in [-0.25, -0.2) is 0 Å². The largest absolute Gasteiger partial charge is 0.393 e. The van der Waals surface area contributed by atoms with E-state index in [9.17, 15) is 5.11 Å². The molecule has 0 amide bonds. The molecule has 0 radical (unpaired) electrons. The minimum atomic E-state index is -0.103. The number of benzene rings is 1. The molecule has 1 saturated carbocycles. The van der Waals surface area contributed by atoms with Crippen LogP contribution in [0.5, 0.6) is 0 Å². The first-order chi connectivity index (χ1) is 8.69. The lowest BCUT2D eigenvalue weighted by molar-refractivity contribution is 0.133. The first-order valence-corrected chi connectivity index (χ1v) is 7.40. The van der Waals surface area contributed by atoms with E-state index in [1.807, 2.05) is 6.07 Å². The van der Waals surface area contributed by atoms with Crippen molar-refractivity contribution in [2.75, 3.05) is 18.0 Å². The van der Waals surface area contributed by atoms with Crippen LogP contribution >= 0.6 is 15.9 Å². The Morgan fingerprint density at radius 2 is 2.17 bits per heavy atom. The van der Waals surface area contributed by atoms with Gasteiger partial charge < -0.3 is 15.7 Å². The molecule has 0 spiro atoms. The quantitative estimate of drug-likeness (QED) is 0.879. The maximum Gasteiger partial charge on any atom is 0.0588 e. The number of fused-ring (bicyclic) bond motifs is 1. The topological polar surface area (TPSA) is 49.5 Å². The summed E-state index contributed by atoms with van der Waals surface area (Å²) in [5, 5.41) is 9.98. The van der Waals surface area contributed by atoms with Crippen LogP contribution in [0.3, 0.4) is 0 Å². The number of aliphatic hydroxyl groups excluding tert-OH is 1. The Morgan fingerprint density at radius 1 is 1.33 bits per heavy atom. The molecule has 1 aliphatic carbocycles. The lowest BCUT2D eigenvalue weighted by Crippen LogP contribution is -2.25. The van der Waals surface area contributed by atoms with Gasteiger partial charge in [0.2, 0.25) is 0 Å². The van der Waals surface area contributed by atoms with Crippen molar-refractivity contribution in [1.82, 2.24) is 0 Å². The third-order valence-electron chi connectivity index (χ3n) is 4.43. The molecule has 0 bridgehead atoms. The van der Waals surface area contributed by atoms with Crippen molar-refractivity contribution in [1.29, 1.82) is 0 Å². The van der Waals surface area contributed by atoms with Gasteiger partial charge in [-0.2, -0.15) is 0 Å². The fraction of sp³-hybridized carbons (Fsp3) is 0.571. The molecule has 1 aromatic carbocycles. The van der Waals surface area contributed by atoms with Crippen molar-refractivity contribution in [3.63, 3.8) is 0 Å². The van der Waals surface area contributed by atoms with Crippen LogP contribution in [0.4, 0.5) is 5.69 Å². The smallest absolute Gasteiger partial charge is 0.0588 e. The fourth-order valence-electron chi connectivity index (χ4n) is 3.44. The Balaban J connectivity index is 1.86. The van der Waals surface area contributed by atoms with Crippen LogP contribution in [0, 0.1) is 11.8 Å². The molecule has 1 saturated heterocycles. The molecular weight excluding hydrogens is 292 g/mol. The predicted molar refractivity (Wildman–Crippen MR) is 76.5 cm³/mol. The summed E-state index contributed by atoms with van der Waals surface area (Å²) in [5.74, 6) is 1.11. The van der Waals surface area contributed by atoms with E-state index in [-0.39, 0.29) is 6.10 Å². The van der Waals surface area contributed by atoms with E-state index in [0.717, 1.165) is 30.4 Å². The predicted octanol–water partition coefficient (Wildman–Crippen LogP) is 2.11. The highest BCUT2D eigenvalue weighted by Crippen LogP contribution is 2.41. The van der Waals surface area contributed by atoms with Crippen molar-refractivity contribution in [2.24, 2.45) is 17.6 Å². The summed E-state index contributed by atoms with van der Waals surface area (Å²) in [5.41, 5.74) is 8.24. The molecule has 98 valence electrons. The van der Waals surface area contributed by atoms with Crippen molar-refractivity contribution in [2.45, 2.75) is 25.5 Å². The first-order valence-electron chi connectivity index (χ1n) is 6.60. The standard InChI is InChI=1S/C14H19BrN2O/c15-11-3-1-9(6-16)13(5-11)17-7-10-2-4-14(18)12(10)8-17/h1,3,5,10,12,14,18H,2,4,6-8,16H2. The average molecular weight is 311 g/mol. The van der Waals surface area contributed by atoms with Gasteiger partial charge in [0, 0.05) is 35.7 Å². The van der Waals surface area contributed by atoms with Crippen molar-refractivity contribution in [3.8, 4) is 0 Å². The summed E-state index contributed by atoms with van der Waals surface area (Å²) in [6, 6.07) is 6.27. The van der Waals surface area contributed by atoms with E-state index in [0.29, 0.717) is 18.4 Å². The van der Waals surface area contributed by atoms with Gasteiger partial charge in [0.1, 0.15) is 0 Å². The van der Waals surface area contributed by atoms with Crippen molar-refractivity contribution in [3.05, 3.63) is 28.2 Å². The Bertz CT molecular complexity index is 451. The second-order valence-corrected chi connectivity index (χ2v) is 6.37. The highest BCUT2D eigenvalue weighted by Gasteiger charge is 2.42. The molecular formula is C14H19BrN2O. The number of rotatable bonds is 2. The van der Waals surface area contributed by atoms with Gasteiger partial charge in [0.05, 0.1) is 6.10 Å². The number of anilines is 1. The number of nitrogens with two attached hydrogens (primary N) is 1. The zero-order valence-electron chi connectivity index (χ0n) is 10.3. The number of hydrogen-bond acceptors (Lipinski definition) is 3. The first kappa shape index (κ1) is 12.5. The third kappa shape index (κ3) is 2.06. The molecule has 3 atom stereocenters. The Morgan fingerprint density at radius 3 is 2.89 bits per heavy atom. The highest BCUT2D eigenvalue weighted by molar-refractivity contribution is 9.10. The zero-order chi connectivity index (χ0) is 12.7. The molecule has 2 fully saturated rings. The molecule has 3 nitrogen and oxygen atoms in total. The Kier molecular flexibility index (Phi) is 3.34. The normalized spacial score (nSPS) is 30.8. The molecule has 18 heavy (non-hydrogen) atoms. The lowest BCUT2D eigenvalue weighted by Gasteiger charge is -2.23.